The Morgan fingerprint density at radius 2 is 1.81 bits per heavy atom. The van der Waals surface area contributed by atoms with Crippen molar-refractivity contribution >= 4 is 17.7 Å². The van der Waals surface area contributed by atoms with Crippen molar-refractivity contribution in [2.75, 3.05) is 32.1 Å². The Labute approximate surface area is 159 Å². The first kappa shape index (κ1) is 18.9. The second-order valence-electron chi connectivity index (χ2n) is 6.60. The van der Waals surface area contributed by atoms with Crippen molar-refractivity contribution in [1.29, 1.82) is 0 Å². The smallest absolute Gasteiger partial charge is 0.337 e. The van der Waals surface area contributed by atoms with E-state index in [-0.39, 0.29) is 6.03 Å². The minimum Gasteiger partial charge on any atom is -0.465 e. The SMILES string of the molecule is COC(=O)c1ccc(NC(=O)NCCCN2CCc3ccccc3C2)cc1. The van der Waals surface area contributed by atoms with E-state index in [0.29, 0.717) is 17.8 Å². The molecule has 1 aliphatic rings. The summed E-state index contributed by atoms with van der Waals surface area (Å²) in [6.07, 6.45) is 1.99. The zero-order chi connectivity index (χ0) is 19.1. The van der Waals surface area contributed by atoms with Crippen molar-refractivity contribution in [3.05, 3.63) is 65.2 Å². The maximum absolute atomic E-state index is 12.0. The number of methoxy groups -OCH3 is 1. The van der Waals surface area contributed by atoms with E-state index in [1.165, 1.54) is 18.2 Å². The van der Waals surface area contributed by atoms with Crippen LogP contribution in [0.25, 0.3) is 0 Å². The van der Waals surface area contributed by atoms with Gasteiger partial charge in [-0.1, -0.05) is 24.3 Å². The molecule has 142 valence electrons. The molecule has 6 nitrogen and oxygen atoms in total. The summed E-state index contributed by atoms with van der Waals surface area (Å²) < 4.78 is 4.65. The van der Waals surface area contributed by atoms with Crippen LogP contribution in [0.1, 0.15) is 27.9 Å². The van der Waals surface area contributed by atoms with Crippen molar-refractivity contribution < 1.29 is 14.3 Å². The van der Waals surface area contributed by atoms with Crippen molar-refractivity contribution in [2.45, 2.75) is 19.4 Å². The molecule has 0 saturated heterocycles. The Balaban J connectivity index is 1.36. The summed E-state index contributed by atoms with van der Waals surface area (Å²) in [5.74, 6) is -0.397. The number of nitrogens with zero attached hydrogens (tertiary/aromatic N) is 1. The van der Waals surface area contributed by atoms with E-state index in [1.54, 1.807) is 24.3 Å². The lowest BCUT2D eigenvalue weighted by molar-refractivity contribution is 0.0600. The standard InChI is InChI=1S/C21H25N3O3/c1-27-20(25)17-7-9-19(10-8-17)23-21(26)22-12-4-13-24-14-11-16-5-2-3-6-18(16)15-24/h2-3,5-10H,4,11-15H2,1H3,(H2,22,23,26). The van der Waals surface area contributed by atoms with Crippen LogP contribution in [0, 0.1) is 0 Å². The molecule has 2 N–H and O–H groups in total. The molecule has 0 spiro atoms. The quantitative estimate of drug-likeness (QED) is 0.608. The fourth-order valence-corrected chi connectivity index (χ4v) is 3.23. The number of nitrogens with one attached hydrogen (secondary N) is 2. The molecule has 0 atom stereocenters. The number of benzene rings is 2. The average Bonchev–Trinajstić information content (AvgIpc) is 2.71. The number of carbonyl (C=O) groups excluding carboxylic acids is 2. The highest BCUT2D eigenvalue weighted by Crippen LogP contribution is 2.18. The number of fused-ring (bicyclic) bond motifs is 1. The highest BCUT2D eigenvalue weighted by molar-refractivity contribution is 5.92. The number of esters is 1. The molecule has 0 aromatic heterocycles. The number of carbonyl (C=O) groups is 2. The van der Waals surface area contributed by atoms with E-state index in [4.69, 9.17) is 0 Å². The van der Waals surface area contributed by atoms with Crippen LogP contribution in [0.2, 0.25) is 0 Å². The summed E-state index contributed by atoms with van der Waals surface area (Å²) in [5.41, 5.74) is 3.94. The minimum absolute atomic E-state index is 0.246. The van der Waals surface area contributed by atoms with Gasteiger partial charge in [0.25, 0.3) is 0 Å². The van der Waals surface area contributed by atoms with E-state index in [0.717, 1.165) is 32.5 Å². The normalized spacial score (nSPS) is 13.5. The van der Waals surface area contributed by atoms with Gasteiger partial charge < -0.3 is 15.4 Å². The monoisotopic (exact) mass is 367 g/mol. The number of amides is 2. The zero-order valence-corrected chi connectivity index (χ0v) is 15.5. The molecule has 1 heterocycles. The van der Waals surface area contributed by atoms with Gasteiger partial charge in [-0.2, -0.15) is 0 Å². The number of rotatable bonds is 6. The molecule has 0 aliphatic carbocycles. The molecule has 1 aliphatic heterocycles. The number of hydrogen-bond donors (Lipinski definition) is 2. The first-order chi connectivity index (χ1) is 13.2. The summed E-state index contributed by atoms with van der Waals surface area (Å²) in [5, 5.41) is 5.63. The van der Waals surface area contributed by atoms with Gasteiger partial charge in [0.2, 0.25) is 0 Å². The Bertz CT molecular complexity index is 790. The Morgan fingerprint density at radius 3 is 2.56 bits per heavy atom. The fraction of sp³-hybridized carbons (Fsp3) is 0.333. The number of anilines is 1. The molecule has 2 aromatic carbocycles. The predicted octanol–water partition coefficient (Wildman–Crippen LogP) is 3.04. The van der Waals surface area contributed by atoms with E-state index in [2.05, 4.69) is 44.5 Å². The van der Waals surface area contributed by atoms with Gasteiger partial charge in [0, 0.05) is 31.9 Å². The van der Waals surface area contributed by atoms with Crippen molar-refractivity contribution in [3.63, 3.8) is 0 Å². The molecule has 0 bridgehead atoms. The van der Waals surface area contributed by atoms with Crippen molar-refractivity contribution in [2.24, 2.45) is 0 Å². The molecule has 3 rings (SSSR count). The van der Waals surface area contributed by atoms with E-state index in [9.17, 15) is 9.59 Å². The second-order valence-corrected chi connectivity index (χ2v) is 6.60. The van der Waals surface area contributed by atoms with Gasteiger partial charge in [-0.3, -0.25) is 4.90 Å². The zero-order valence-electron chi connectivity index (χ0n) is 15.5. The van der Waals surface area contributed by atoms with Gasteiger partial charge in [-0.05, 0) is 48.2 Å². The van der Waals surface area contributed by atoms with Crippen LogP contribution in [0.3, 0.4) is 0 Å². The molecule has 0 fully saturated rings. The first-order valence-corrected chi connectivity index (χ1v) is 9.18. The van der Waals surface area contributed by atoms with Crippen molar-refractivity contribution in [3.8, 4) is 0 Å². The highest BCUT2D eigenvalue weighted by atomic mass is 16.5. The van der Waals surface area contributed by atoms with Crippen molar-refractivity contribution in [1.82, 2.24) is 10.2 Å². The van der Waals surface area contributed by atoms with Crippen LogP contribution in [0.4, 0.5) is 10.5 Å². The lowest BCUT2D eigenvalue weighted by atomic mass is 10.00. The predicted molar refractivity (Wildman–Crippen MR) is 105 cm³/mol. The molecule has 6 heteroatoms. The lowest BCUT2D eigenvalue weighted by Crippen LogP contribution is -2.34. The van der Waals surface area contributed by atoms with Gasteiger partial charge >= 0.3 is 12.0 Å². The van der Waals surface area contributed by atoms with Crippen LogP contribution in [0.15, 0.2) is 48.5 Å². The topological polar surface area (TPSA) is 70.7 Å². The van der Waals surface area contributed by atoms with Crippen LogP contribution in [0.5, 0.6) is 0 Å². The van der Waals surface area contributed by atoms with Gasteiger partial charge in [0.1, 0.15) is 0 Å². The second kappa shape index (κ2) is 9.19. The summed E-state index contributed by atoms with van der Waals surface area (Å²) in [4.78, 5) is 25.8. The molecule has 0 saturated carbocycles. The van der Waals surface area contributed by atoms with E-state index >= 15 is 0 Å². The summed E-state index contributed by atoms with van der Waals surface area (Å²) in [6.45, 7) is 3.62. The molecular formula is C21H25N3O3. The van der Waals surface area contributed by atoms with Gasteiger partial charge in [0.15, 0.2) is 0 Å². The van der Waals surface area contributed by atoms with Gasteiger partial charge in [-0.15, -0.1) is 0 Å². The molecule has 0 unspecified atom stereocenters. The maximum Gasteiger partial charge on any atom is 0.337 e. The molecule has 2 aromatic rings. The van der Waals surface area contributed by atoms with Gasteiger partial charge in [-0.25, -0.2) is 9.59 Å². The Morgan fingerprint density at radius 1 is 1.07 bits per heavy atom. The fourth-order valence-electron chi connectivity index (χ4n) is 3.23. The summed E-state index contributed by atoms with van der Waals surface area (Å²) in [6, 6.07) is 14.9. The maximum atomic E-state index is 12.0. The molecular weight excluding hydrogens is 342 g/mol. The molecule has 0 radical (unpaired) electrons. The van der Waals surface area contributed by atoms with E-state index in [1.807, 2.05) is 0 Å². The molecule has 2 amide bonds. The van der Waals surface area contributed by atoms with Crippen LogP contribution >= 0.6 is 0 Å². The summed E-state index contributed by atoms with van der Waals surface area (Å²) >= 11 is 0. The first-order valence-electron chi connectivity index (χ1n) is 9.18. The summed E-state index contributed by atoms with van der Waals surface area (Å²) in [7, 11) is 1.34. The van der Waals surface area contributed by atoms with Gasteiger partial charge in [0.05, 0.1) is 12.7 Å². The number of hydrogen-bond acceptors (Lipinski definition) is 4. The van der Waals surface area contributed by atoms with E-state index < -0.39 is 5.97 Å². The number of urea groups is 1. The van der Waals surface area contributed by atoms with Crippen LogP contribution < -0.4 is 10.6 Å². The van der Waals surface area contributed by atoms with Crippen LogP contribution in [-0.2, 0) is 17.7 Å². The molecule has 27 heavy (non-hydrogen) atoms. The Hall–Kier alpha value is -2.86. The third kappa shape index (κ3) is 5.31. The van der Waals surface area contributed by atoms with Crippen LogP contribution in [-0.4, -0.2) is 43.6 Å². The minimum atomic E-state index is -0.397. The lowest BCUT2D eigenvalue weighted by Gasteiger charge is -2.28. The third-order valence-electron chi connectivity index (χ3n) is 4.71. The highest BCUT2D eigenvalue weighted by Gasteiger charge is 2.15. The Kier molecular flexibility index (Phi) is 6.44. The largest absolute Gasteiger partial charge is 0.465 e. The average molecular weight is 367 g/mol. The number of ether oxygens (including phenoxy) is 1. The third-order valence-corrected chi connectivity index (χ3v) is 4.71.